The Hall–Kier alpha value is -1.95. The molecule has 0 fully saturated rings. The zero-order chi connectivity index (χ0) is 15.4. The monoisotopic (exact) mass is 355 g/mol. The van der Waals surface area contributed by atoms with Crippen LogP contribution in [0.15, 0.2) is 40.9 Å². The second-order valence-corrected chi connectivity index (χ2v) is 5.07. The molecule has 0 saturated heterocycles. The van der Waals surface area contributed by atoms with Crippen LogP contribution in [0.25, 0.3) is 0 Å². The first kappa shape index (κ1) is 15.4. The van der Waals surface area contributed by atoms with Crippen LogP contribution in [0.5, 0.6) is 5.75 Å². The van der Waals surface area contributed by atoms with Crippen molar-refractivity contribution < 1.29 is 18.3 Å². The fraction of sp³-hybridized carbons (Fsp3) is 0.133. The highest BCUT2D eigenvalue weighted by atomic mass is 79.9. The maximum absolute atomic E-state index is 13.7. The molecule has 0 aliphatic carbocycles. The lowest BCUT2D eigenvalue weighted by Crippen LogP contribution is -2.14. The van der Waals surface area contributed by atoms with Gasteiger partial charge < -0.3 is 10.1 Å². The molecule has 0 bridgehead atoms. The van der Waals surface area contributed by atoms with Crippen molar-refractivity contribution in [3.63, 3.8) is 0 Å². The van der Waals surface area contributed by atoms with Crippen LogP contribution in [-0.4, -0.2) is 12.5 Å². The molecule has 6 heteroatoms. The molecule has 2 aromatic rings. The summed E-state index contributed by atoms with van der Waals surface area (Å²) in [5.74, 6) is -1.57. The number of hydrogen-bond donors (Lipinski definition) is 1. The largest absolute Gasteiger partial charge is 0.492 e. The molecule has 0 aliphatic heterocycles. The maximum atomic E-state index is 13.7. The zero-order valence-corrected chi connectivity index (χ0v) is 12.7. The van der Waals surface area contributed by atoms with Crippen molar-refractivity contribution in [1.29, 1.82) is 0 Å². The van der Waals surface area contributed by atoms with E-state index in [1.165, 1.54) is 24.3 Å². The van der Waals surface area contributed by atoms with E-state index in [2.05, 4.69) is 21.2 Å². The Balaban J connectivity index is 2.27. The summed E-state index contributed by atoms with van der Waals surface area (Å²) in [5, 5.41) is 2.51. The molecule has 0 saturated carbocycles. The molecule has 1 amide bonds. The van der Waals surface area contributed by atoms with Crippen LogP contribution in [0, 0.1) is 11.6 Å². The summed E-state index contributed by atoms with van der Waals surface area (Å²) in [7, 11) is 0. The maximum Gasteiger partial charge on any atom is 0.258 e. The molecule has 0 unspecified atom stereocenters. The Labute approximate surface area is 129 Å². The fourth-order valence-corrected chi connectivity index (χ4v) is 2.07. The fourth-order valence-electron chi connectivity index (χ4n) is 1.74. The minimum Gasteiger partial charge on any atom is -0.492 e. The normalized spacial score (nSPS) is 10.3. The second kappa shape index (κ2) is 6.67. The van der Waals surface area contributed by atoms with Crippen LogP contribution in [-0.2, 0) is 0 Å². The summed E-state index contributed by atoms with van der Waals surface area (Å²) in [6, 6.07) is 7.84. The van der Waals surface area contributed by atoms with Crippen LogP contribution in [0.1, 0.15) is 17.3 Å². The predicted octanol–water partition coefficient (Wildman–Crippen LogP) is 4.38. The molecular weight excluding hydrogens is 344 g/mol. The highest BCUT2D eigenvalue weighted by Crippen LogP contribution is 2.26. The van der Waals surface area contributed by atoms with E-state index in [4.69, 9.17) is 4.74 Å². The van der Waals surface area contributed by atoms with Crippen molar-refractivity contribution in [2.75, 3.05) is 11.9 Å². The summed E-state index contributed by atoms with van der Waals surface area (Å²) < 4.78 is 32.7. The summed E-state index contributed by atoms with van der Waals surface area (Å²) in [4.78, 5) is 12.1. The number of carbonyl (C=O) groups excluding carboxylic acids is 1. The Bertz CT molecular complexity index is 677. The van der Waals surface area contributed by atoms with Gasteiger partial charge in [-0.2, -0.15) is 0 Å². The SMILES string of the molecule is CCOc1cc(F)ccc1NC(=O)c1ccc(Br)cc1F. The first-order valence-corrected chi connectivity index (χ1v) is 6.99. The molecule has 110 valence electrons. The number of halogens is 3. The minimum absolute atomic E-state index is 0.107. The van der Waals surface area contributed by atoms with E-state index in [0.717, 1.165) is 6.07 Å². The number of ether oxygens (including phenoxy) is 1. The van der Waals surface area contributed by atoms with Gasteiger partial charge in [-0.05, 0) is 37.3 Å². The Kier molecular flexibility index (Phi) is 4.90. The molecule has 0 heterocycles. The molecule has 0 radical (unpaired) electrons. The summed E-state index contributed by atoms with van der Waals surface area (Å²) >= 11 is 3.12. The molecule has 0 spiro atoms. The molecule has 2 aromatic carbocycles. The van der Waals surface area contributed by atoms with Crippen molar-refractivity contribution in [3.05, 3.63) is 58.1 Å². The van der Waals surface area contributed by atoms with Crippen molar-refractivity contribution in [2.24, 2.45) is 0 Å². The van der Waals surface area contributed by atoms with Crippen molar-refractivity contribution in [2.45, 2.75) is 6.92 Å². The lowest BCUT2D eigenvalue weighted by molar-refractivity contribution is 0.102. The number of hydrogen-bond acceptors (Lipinski definition) is 2. The van der Waals surface area contributed by atoms with Gasteiger partial charge in [0.05, 0.1) is 17.9 Å². The number of rotatable bonds is 4. The van der Waals surface area contributed by atoms with E-state index < -0.39 is 17.5 Å². The summed E-state index contributed by atoms with van der Waals surface area (Å²) in [6.07, 6.45) is 0. The van der Waals surface area contributed by atoms with Crippen LogP contribution in [0.3, 0.4) is 0 Å². The average molecular weight is 356 g/mol. The van der Waals surface area contributed by atoms with Crippen molar-refractivity contribution in [3.8, 4) is 5.75 Å². The van der Waals surface area contributed by atoms with Gasteiger partial charge in [-0.25, -0.2) is 8.78 Å². The van der Waals surface area contributed by atoms with Gasteiger partial charge in [0.1, 0.15) is 17.4 Å². The molecule has 2 rings (SSSR count). The lowest BCUT2D eigenvalue weighted by Gasteiger charge is -2.12. The Morgan fingerprint density at radius 2 is 2.00 bits per heavy atom. The summed E-state index contributed by atoms with van der Waals surface area (Å²) in [5.41, 5.74) is 0.176. The number of carbonyl (C=O) groups is 1. The first-order chi connectivity index (χ1) is 10.0. The van der Waals surface area contributed by atoms with E-state index in [9.17, 15) is 13.6 Å². The number of anilines is 1. The predicted molar refractivity (Wildman–Crippen MR) is 79.6 cm³/mol. The molecular formula is C15H12BrF2NO2. The van der Waals surface area contributed by atoms with Gasteiger partial charge in [0.25, 0.3) is 5.91 Å². The molecule has 3 nitrogen and oxygen atoms in total. The van der Waals surface area contributed by atoms with Crippen molar-refractivity contribution in [1.82, 2.24) is 0 Å². The van der Waals surface area contributed by atoms with Crippen LogP contribution >= 0.6 is 15.9 Å². The molecule has 0 atom stereocenters. The van der Waals surface area contributed by atoms with E-state index >= 15 is 0 Å². The highest BCUT2D eigenvalue weighted by Gasteiger charge is 2.14. The first-order valence-electron chi connectivity index (χ1n) is 6.20. The minimum atomic E-state index is -0.651. The van der Waals surface area contributed by atoms with Crippen LogP contribution in [0.4, 0.5) is 14.5 Å². The van der Waals surface area contributed by atoms with Gasteiger partial charge in [-0.3, -0.25) is 4.79 Å². The smallest absolute Gasteiger partial charge is 0.258 e. The van der Waals surface area contributed by atoms with Gasteiger partial charge in [0, 0.05) is 10.5 Å². The topological polar surface area (TPSA) is 38.3 Å². The van der Waals surface area contributed by atoms with Crippen LogP contribution < -0.4 is 10.1 Å². The number of amides is 1. The Morgan fingerprint density at radius 3 is 2.67 bits per heavy atom. The zero-order valence-electron chi connectivity index (χ0n) is 11.1. The quantitative estimate of drug-likeness (QED) is 0.883. The van der Waals surface area contributed by atoms with E-state index in [1.807, 2.05) is 0 Å². The Morgan fingerprint density at radius 1 is 1.24 bits per heavy atom. The van der Waals surface area contributed by atoms with Gasteiger partial charge in [0.2, 0.25) is 0 Å². The molecule has 21 heavy (non-hydrogen) atoms. The molecule has 1 N–H and O–H groups in total. The summed E-state index contributed by atoms with van der Waals surface area (Å²) in [6.45, 7) is 2.06. The lowest BCUT2D eigenvalue weighted by atomic mass is 10.2. The molecule has 0 aromatic heterocycles. The number of nitrogens with one attached hydrogen (secondary N) is 1. The highest BCUT2D eigenvalue weighted by molar-refractivity contribution is 9.10. The number of benzene rings is 2. The van der Waals surface area contributed by atoms with Crippen molar-refractivity contribution >= 4 is 27.5 Å². The van der Waals surface area contributed by atoms with Gasteiger partial charge >= 0.3 is 0 Å². The standard InChI is InChI=1S/C15H12BrF2NO2/c1-2-21-14-8-10(17)4-6-13(14)19-15(20)11-5-3-9(16)7-12(11)18/h3-8H,2H2,1H3,(H,19,20). The molecule has 0 aliphatic rings. The van der Waals surface area contributed by atoms with Crippen LogP contribution in [0.2, 0.25) is 0 Å². The van der Waals surface area contributed by atoms with Gasteiger partial charge in [0.15, 0.2) is 0 Å². The van der Waals surface area contributed by atoms with E-state index in [1.54, 1.807) is 13.0 Å². The van der Waals surface area contributed by atoms with E-state index in [-0.39, 0.29) is 17.0 Å². The average Bonchev–Trinajstić information content (AvgIpc) is 2.42. The van der Waals surface area contributed by atoms with E-state index in [0.29, 0.717) is 11.1 Å². The van der Waals surface area contributed by atoms with Gasteiger partial charge in [-0.1, -0.05) is 15.9 Å². The third-order valence-electron chi connectivity index (χ3n) is 2.67. The second-order valence-electron chi connectivity index (χ2n) is 4.15. The third kappa shape index (κ3) is 3.78. The third-order valence-corrected chi connectivity index (χ3v) is 3.16. The van der Waals surface area contributed by atoms with Gasteiger partial charge in [-0.15, -0.1) is 0 Å².